The topological polar surface area (TPSA) is 32.3 Å². The normalized spacial score (nSPS) is 29.9. The molecule has 1 aromatic carbocycles. The van der Waals surface area contributed by atoms with Crippen molar-refractivity contribution >= 4 is 17.5 Å². The van der Waals surface area contributed by atoms with Crippen LogP contribution in [-0.2, 0) is 4.79 Å². The highest BCUT2D eigenvalue weighted by molar-refractivity contribution is 6.31. The van der Waals surface area contributed by atoms with Crippen LogP contribution in [0, 0.1) is 17.8 Å². The number of amides is 1. The van der Waals surface area contributed by atoms with Crippen molar-refractivity contribution in [1.82, 2.24) is 10.2 Å². The summed E-state index contributed by atoms with van der Waals surface area (Å²) in [6.45, 7) is 2.86. The molecule has 1 aliphatic heterocycles. The lowest BCUT2D eigenvalue weighted by Crippen LogP contribution is -2.37. The van der Waals surface area contributed by atoms with Crippen molar-refractivity contribution in [2.45, 2.75) is 51.0 Å². The molecule has 0 spiro atoms. The first-order valence-corrected chi connectivity index (χ1v) is 10.3. The molecular weight excluding hydrogens is 332 g/mol. The van der Waals surface area contributed by atoms with Crippen molar-refractivity contribution in [3.8, 4) is 0 Å². The van der Waals surface area contributed by atoms with Gasteiger partial charge in [0.1, 0.15) is 0 Å². The number of likely N-dealkylation sites (tertiary alicyclic amines) is 1. The summed E-state index contributed by atoms with van der Waals surface area (Å²) in [5, 5.41) is 4.04. The predicted molar refractivity (Wildman–Crippen MR) is 102 cm³/mol. The number of hydrogen-bond donors (Lipinski definition) is 1. The fourth-order valence-corrected chi connectivity index (χ4v) is 5.64. The van der Waals surface area contributed by atoms with Crippen LogP contribution in [0.15, 0.2) is 24.3 Å². The molecule has 0 aromatic heterocycles. The summed E-state index contributed by atoms with van der Waals surface area (Å²) in [7, 11) is 0. The maximum absolute atomic E-state index is 12.5. The van der Waals surface area contributed by atoms with Gasteiger partial charge < -0.3 is 5.32 Å². The summed E-state index contributed by atoms with van der Waals surface area (Å²) < 4.78 is 0. The number of nitrogens with one attached hydrogen (secondary N) is 1. The van der Waals surface area contributed by atoms with Gasteiger partial charge in [0.2, 0.25) is 5.91 Å². The van der Waals surface area contributed by atoms with Crippen molar-refractivity contribution in [3.05, 3.63) is 34.9 Å². The third-order valence-electron chi connectivity index (χ3n) is 6.67. The van der Waals surface area contributed by atoms with Crippen molar-refractivity contribution in [1.29, 1.82) is 0 Å². The molecule has 1 saturated heterocycles. The van der Waals surface area contributed by atoms with Gasteiger partial charge in [-0.25, -0.2) is 0 Å². The first kappa shape index (κ1) is 17.4. The molecule has 0 unspecified atom stereocenters. The van der Waals surface area contributed by atoms with Gasteiger partial charge in [0, 0.05) is 18.0 Å². The Morgan fingerprint density at radius 1 is 1.20 bits per heavy atom. The van der Waals surface area contributed by atoms with Crippen LogP contribution in [0.4, 0.5) is 0 Å². The van der Waals surface area contributed by atoms with E-state index in [0.717, 1.165) is 41.9 Å². The molecule has 1 aromatic rings. The van der Waals surface area contributed by atoms with Gasteiger partial charge in [-0.15, -0.1) is 0 Å². The summed E-state index contributed by atoms with van der Waals surface area (Å²) in [5.41, 5.74) is 1.14. The summed E-state index contributed by atoms with van der Waals surface area (Å²) >= 11 is 6.45. The van der Waals surface area contributed by atoms with E-state index in [-0.39, 0.29) is 11.9 Å². The van der Waals surface area contributed by atoms with Gasteiger partial charge in [0.25, 0.3) is 0 Å². The highest BCUT2D eigenvalue weighted by atomic mass is 35.5. The van der Waals surface area contributed by atoms with Gasteiger partial charge >= 0.3 is 0 Å². The molecule has 25 heavy (non-hydrogen) atoms. The molecule has 1 heterocycles. The summed E-state index contributed by atoms with van der Waals surface area (Å²) in [6, 6.07) is 8.27. The number of fused-ring (bicyclic) bond motifs is 2. The minimum atomic E-state index is 0.195. The standard InChI is InChI=1S/C21H29ClN2O/c22-19-6-2-1-5-18(19)20(24-9-3-4-10-24)14-23-21(25)13-17-12-15-7-8-16(17)11-15/h1-2,5-6,15-17,20H,3-4,7-14H2,(H,23,25)/t15-,16-,17-,20-/m0/s1. The third-order valence-corrected chi connectivity index (χ3v) is 7.01. The van der Waals surface area contributed by atoms with Crippen LogP contribution < -0.4 is 5.32 Å². The van der Waals surface area contributed by atoms with Crippen molar-refractivity contribution in [2.24, 2.45) is 17.8 Å². The molecule has 2 saturated carbocycles. The van der Waals surface area contributed by atoms with E-state index in [1.54, 1.807) is 0 Å². The van der Waals surface area contributed by atoms with Gasteiger partial charge in [-0.05, 0) is 74.6 Å². The van der Waals surface area contributed by atoms with Gasteiger partial charge in [-0.3, -0.25) is 9.69 Å². The maximum Gasteiger partial charge on any atom is 0.220 e. The Hall–Kier alpha value is -1.06. The van der Waals surface area contributed by atoms with Gasteiger partial charge in [-0.1, -0.05) is 36.2 Å². The molecule has 136 valence electrons. The Balaban J connectivity index is 1.37. The average Bonchev–Trinajstić information content (AvgIpc) is 3.34. The Kier molecular flexibility index (Phi) is 5.33. The van der Waals surface area contributed by atoms with Crippen LogP contribution in [-0.4, -0.2) is 30.4 Å². The molecule has 3 aliphatic rings. The number of carbonyl (C=O) groups excluding carboxylic acids is 1. The van der Waals surface area contributed by atoms with E-state index in [9.17, 15) is 4.79 Å². The van der Waals surface area contributed by atoms with E-state index in [2.05, 4.69) is 16.3 Å². The quantitative estimate of drug-likeness (QED) is 0.814. The zero-order chi connectivity index (χ0) is 17.2. The Morgan fingerprint density at radius 3 is 2.68 bits per heavy atom. The number of nitrogens with zero attached hydrogens (tertiary/aromatic N) is 1. The fourth-order valence-electron chi connectivity index (χ4n) is 5.38. The van der Waals surface area contributed by atoms with Crippen molar-refractivity contribution < 1.29 is 4.79 Å². The second-order valence-electron chi connectivity index (χ2n) is 8.22. The van der Waals surface area contributed by atoms with Crippen LogP contribution in [0.5, 0.6) is 0 Å². The van der Waals surface area contributed by atoms with Crippen LogP contribution in [0.25, 0.3) is 0 Å². The van der Waals surface area contributed by atoms with Gasteiger partial charge in [0.05, 0.1) is 6.04 Å². The summed E-state index contributed by atoms with van der Waals surface area (Å²) in [6.07, 6.45) is 8.58. The predicted octanol–water partition coefficient (Wildman–Crippen LogP) is 4.42. The molecule has 1 N–H and O–H groups in total. The molecule has 3 nitrogen and oxygen atoms in total. The third kappa shape index (κ3) is 3.88. The van der Waals surface area contributed by atoms with E-state index in [4.69, 9.17) is 11.6 Å². The highest BCUT2D eigenvalue weighted by Crippen LogP contribution is 2.49. The average molecular weight is 361 g/mol. The van der Waals surface area contributed by atoms with Gasteiger partial charge in [-0.2, -0.15) is 0 Å². The first-order valence-electron chi connectivity index (χ1n) is 9.96. The smallest absolute Gasteiger partial charge is 0.220 e. The van der Waals surface area contributed by atoms with E-state index in [1.807, 2.05) is 18.2 Å². The van der Waals surface area contributed by atoms with E-state index < -0.39 is 0 Å². The molecular formula is C21H29ClN2O. The largest absolute Gasteiger partial charge is 0.354 e. The molecule has 3 fully saturated rings. The second-order valence-corrected chi connectivity index (χ2v) is 8.63. The Morgan fingerprint density at radius 2 is 2.00 bits per heavy atom. The SMILES string of the molecule is O=C(C[C@@H]1C[C@H]2CC[C@H]1C2)NC[C@@H](c1ccccc1Cl)N1CCCC1. The zero-order valence-corrected chi connectivity index (χ0v) is 15.7. The van der Waals surface area contributed by atoms with E-state index in [0.29, 0.717) is 12.5 Å². The molecule has 2 bridgehead atoms. The number of hydrogen-bond acceptors (Lipinski definition) is 2. The molecule has 4 rings (SSSR count). The lowest BCUT2D eigenvalue weighted by Gasteiger charge is -2.29. The van der Waals surface area contributed by atoms with Crippen molar-refractivity contribution in [3.63, 3.8) is 0 Å². The van der Waals surface area contributed by atoms with Crippen LogP contribution in [0.1, 0.15) is 56.6 Å². The van der Waals surface area contributed by atoms with Crippen LogP contribution in [0.2, 0.25) is 5.02 Å². The fraction of sp³-hybridized carbons (Fsp3) is 0.667. The van der Waals surface area contributed by atoms with Crippen molar-refractivity contribution in [2.75, 3.05) is 19.6 Å². The molecule has 4 atom stereocenters. The maximum atomic E-state index is 12.5. The highest BCUT2D eigenvalue weighted by Gasteiger charge is 2.40. The first-order chi connectivity index (χ1) is 12.2. The number of carbonyl (C=O) groups is 1. The van der Waals surface area contributed by atoms with Gasteiger partial charge in [0.15, 0.2) is 0 Å². The Bertz CT molecular complexity index is 614. The molecule has 4 heteroatoms. The zero-order valence-electron chi connectivity index (χ0n) is 14.9. The monoisotopic (exact) mass is 360 g/mol. The Labute approximate surface area is 156 Å². The molecule has 1 amide bonds. The molecule has 0 radical (unpaired) electrons. The van der Waals surface area contributed by atoms with E-state index >= 15 is 0 Å². The van der Waals surface area contributed by atoms with Crippen LogP contribution in [0.3, 0.4) is 0 Å². The minimum Gasteiger partial charge on any atom is -0.354 e. The lowest BCUT2D eigenvalue weighted by molar-refractivity contribution is -0.122. The minimum absolute atomic E-state index is 0.195. The lowest BCUT2D eigenvalue weighted by atomic mass is 9.86. The molecule has 2 aliphatic carbocycles. The van der Waals surface area contributed by atoms with E-state index in [1.165, 1.54) is 38.5 Å². The number of benzene rings is 1. The number of rotatable bonds is 6. The second kappa shape index (κ2) is 7.67. The number of halogens is 1. The summed E-state index contributed by atoms with van der Waals surface area (Å²) in [4.78, 5) is 15.0. The van der Waals surface area contributed by atoms with Crippen LogP contribution >= 0.6 is 11.6 Å². The summed E-state index contributed by atoms with van der Waals surface area (Å²) in [5.74, 6) is 2.58.